The van der Waals surface area contributed by atoms with Gasteiger partial charge in [-0.2, -0.15) is 0 Å². The molecule has 0 aliphatic heterocycles. The van der Waals surface area contributed by atoms with Crippen LogP contribution < -0.4 is 0 Å². The van der Waals surface area contributed by atoms with Crippen molar-refractivity contribution in [2.75, 3.05) is 13.6 Å². The summed E-state index contributed by atoms with van der Waals surface area (Å²) in [6.45, 7) is 4.98. The van der Waals surface area contributed by atoms with Gasteiger partial charge in [-0.3, -0.25) is 4.79 Å². The van der Waals surface area contributed by atoms with Crippen LogP contribution in [0.4, 0.5) is 0 Å². The number of amides is 1. The largest absolute Gasteiger partial charge is 0.478 e. The lowest BCUT2D eigenvalue weighted by Crippen LogP contribution is -2.27. The van der Waals surface area contributed by atoms with Gasteiger partial charge in [-0.1, -0.05) is 13.8 Å². The Balaban J connectivity index is 2.65. The van der Waals surface area contributed by atoms with E-state index >= 15 is 0 Å². The van der Waals surface area contributed by atoms with E-state index in [1.165, 1.54) is 17.4 Å². The zero-order valence-electron chi connectivity index (χ0n) is 11.4. The van der Waals surface area contributed by atoms with Crippen molar-refractivity contribution in [3.8, 4) is 0 Å². The van der Waals surface area contributed by atoms with E-state index in [4.69, 9.17) is 5.11 Å². The molecule has 0 atom stereocenters. The van der Waals surface area contributed by atoms with Crippen molar-refractivity contribution in [1.82, 2.24) is 4.90 Å². The predicted molar refractivity (Wildman–Crippen MR) is 77.4 cm³/mol. The summed E-state index contributed by atoms with van der Waals surface area (Å²) in [5.74, 6) is -0.441. The van der Waals surface area contributed by atoms with Crippen molar-refractivity contribution in [2.45, 2.75) is 20.3 Å². The van der Waals surface area contributed by atoms with Crippen molar-refractivity contribution < 1.29 is 14.7 Å². The van der Waals surface area contributed by atoms with Gasteiger partial charge < -0.3 is 10.0 Å². The highest BCUT2D eigenvalue weighted by atomic mass is 32.1. The van der Waals surface area contributed by atoms with E-state index in [0.29, 0.717) is 10.8 Å². The molecule has 0 saturated heterocycles. The van der Waals surface area contributed by atoms with Crippen LogP contribution in [0.25, 0.3) is 6.08 Å². The molecule has 19 heavy (non-hydrogen) atoms. The van der Waals surface area contributed by atoms with Gasteiger partial charge in [0.25, 0.3) is 5.91 Å². The second-order valence-electron chi connectivity index (χ2n) is 4.78. The average molecular weight is 281 g/mol. The molecule has 1 amide bonds. The Bertz CT molecular complexity index is 477. The Kier molecular flexibility index (Phi) is 5.76. The van der Waals surface area contributed by atoms with E-state index in [1.54, 1.807) is 24.1 Å². The van der Waals surface area contributed by atoms with E-state index in [0.717, 1.165) is 23.9 Å². The Morgan fingerprint density at radius 2 is 2.11 bits per heavy atom. The fourth-order valence-corrected chi connectivity index (χ4v) is 2.36. The molecule has 104 valence electrons. The molecular formula is C14H19NO3S. The van der Waals surface area contributed by atoms with Crippen molar-refractivity contribution in [2.24, 2.45) is 5.92 Å². The molecule has 1 N–H and O–H groups in total. The van der Waals surface area contributed by atoms with Gasteiger partial charge in [0.15, 0.2) is 0 Å². The van der Waals surface area contributed by atoms with Crippen molar-refractivity contribution >= 4 is 29.3 Å². The number of hydrogen-bond donors (Lipinski definition) is 1. The van der Waals surface area contributed by atoms with Crippen LogP contribution in [0.3, 0.4) is 0 Å². The minimum Gasteiger partial charge on any atom is -0.478 e. The third kappa shape index (κ3) is 5.26. The standard InChI is InChI=1S/C14H19NO3S/c1-10(2)8-9-15(3)14(18)12-6-4-11(19-12)5-7-13(16)17/h4-7,10H,8-9H2,1-3H3,(H,16,17). The maximum absolute atomic E-state index is 12.1. The normalized spacial score (nSPS) is 11.2. The monoisotopic (exact) mass is 281 g/mol. The van der Waals surface area contributed by atoms with Gasteiger partial charge in [-0.25, -0.2) is 4.79 Å². The average Bonchev–Trinajstić information content (AvgIpc) is 2.81. The molecule has 0 fully saturated rings. The molecule has 1 aromatic heterocycles. The smallest absolute Gasteiger partial charge is 0.328 e. The van der Waals surface area contributed by atoms with Crippen LogP contribution in [0.5, 0.6) is 0 Å². The third-order valence-electron chi connectivity index (χ3n) is 2.62. The van der Waals surface area contributed by atoms with Crippen LogP contribution in [-0.4, -0.2) is 35.5 Å². The molecule has 1 heterocycles. The third-order valence-corrected chi connectivity index (χ3v) is 3.65. The topological polar surface area (TPSA) is 57.6 Å². The maximum atomic E-state index is 12.1. The van der Waals surface area contributed by atoms with Crippen LogP contribution in [0.15, 0.2) is 18.2 Å². The lowest BCUT2D eigenvalue weighted by molar-refractivity contribution is -0.131. The highest BCUT2D eigenvalue weighted by Crippen LogP contribution is 2.19. The van der Waals surface area contributed by atoms with Crippen LogP contribution in [0, 0.1) is 5.92 Å². The SMILES string of the molecule is CC(C)CCN(C)C(=O)c1ccc(C=CC(=O)O)s1. The minimum atomic E-state index is -0.990. The summed E-state index contributed by atoms with van der Waals surface area (Å²) in [7, 11) is 1.79. The van der Waals surface area contributed by atoms with Gasteiger partial charge in [0.1, 0.15) is 0 Å². The molecule has 0 aliphatic carbocycles. The quantitative estimate of drug-likeness (QED) is 0.816. The first kappa shape index (κ1) is 15.4. The summed E-state index contributed by atoms with van der Waals surface area (Å²) in [5.41, 5.74) is 0. The second kappa shape index (κ2) is 7.09. The molecule has 1 rings (SSSR count). The zero-order chi connectivity index (χ0) is 14.4. The molecular weight excluding hydrogens is 262 g/mol. The Hall–Kier alpha value is -1.62. The number of carboxylic acid groups (broad SMARTS) is 1. The molecule has 0 aromatic carbocycles. The number of thiophene rings is 1. The summed E-state index contributed by atoms with van der Waals surface area (Å²) < 4.78 is 0. The fraction of sp³-hybridized carbons (Fsp3) is 0.429. The van der Waals surface area contributed by atoms with Gasteiger partial charge in [-0.05, 0) is 30.5 Å². The van der Waals surface area contributed by atoms with Crippen LogP contribution in [0.2, 0.25) is 0 Å². The second-order valence-corrected chi connectivity index (χ2v) is 5.90. The maximum Gasteiger partial charge on any atom is 0.328 e. The van der Waals surface area contributed by atoms with E-state index in [1.807, 2.05) is 0 Å². The molecule has 5 heteroatoms. The summed E-state index contributed by atoms with van der Waals surface area (Å²) in [4.78, 5) is 25.6. The van der Waals surface area contributed by atoms with Crippen molar-refractivity contribution in [3.63, 3.8) is 0 Å². The Labute approximate surface area is 117 Å². The highest BCUT2D eigenvalue weighted by Gasteiger charge is 2.13. The van der Waals surface area contributed by atoms with Crippen LogP contribution >= 0.6 is 11.3 Å². The molecule has 1 aromatic rings. The minimum absolute atomic E-state index is 0.0133. The molecule has 0 saturated carbocycles. The van der Waals surface area contributed by atoms with E-state index < -0.39 is 5.97 Å². The predicted octanol–water partition coefficient (Wildman–Crippen LogP) is 2.96. The lowest BCUT2D eigenvalue weighted by atomic mass is 10.1. The number of carbonyl (C=O) groups excluding carboxylic acids is 1. The summed E-state index contributed by atoms with van der Waals surface area (Å²) >= 11 is 1.30. The number of nitrogens with zero attached hydrogens (tertiary/aromatic N) is 1. The lowest BCUT2D eigenvalue weighted by Gasteiger charge is -2.17. The Morgan fingerprint density at radius 1 is 1.42 bits per heavy atom. The van der Waals surface area contributed by atoms with Gasteiger partial charge in [0.2, 0.25) is 0 Å². The van der Waals surface area contributed by atoms with E-state index in [9.17, 15) is 9.59 Å². The van der Waals surface area contributed by atoms with E-state index in [2.05, 4.69) is 13.8 Å². The first-order valence-corrected chi connectivity index (χ1v) is 6.98. The van der Waals surface area contributed by atoms with Gasteiger partial charge in [0.05, 0.1) is 4.88 Å². The first-order valence-electron chi connectivity index (χ1n) is 6.16. The highest BCUT2D eigenvalue weighted by molar-refractivity contribution is 7.14. The summed E-state index contributed by atoms with van der Waals surface area (Å²) in [5, 5.41) is 8.54. The first-order chi connectivity index (χ1) is 8.90. The summed E-state index contributed by atoms with van der Waals surface area (Å²) in [6.07, 6.45) is 3.54. The Morgan fingerprint density at radius 3 is 2.68 bits per heavy atom. The molecule has 0 radical (unpaired) electrons. The summed E-state index contributed by atoms with van der Waals surface area (Å²) in [6, 6.07) is 3.49. The van der Waals surface area contributed by atoms with Gasteiger partial charge >= 0.3 is 5.97 Å². The molecule has 0 spiro atoms. The van der Waals surface area contributed by atoms with Crippen LogP contribution in [-0.2, 0) is 4.79 Å². The molecule has 0 bridgehead atoms. The molecule has 4 nitrogen and oxygen atoms in total. The van der Waals surface area contributed by atoms with Gasteiger partial charge in [-0.15, -0.1) is 11.3 Å². The number of rotatable bonds is 6. The van der Waals surface area contributed by atoms with Crippen LogP contribution in [0.1, 0.15) is 34.8 Å². The number of carboxylic acids is 1. The number of hydrogen-bond acceptors (Lipinski definition) is 3. The molecule has 0 unspecified atom stereocenters. The van der Waals surface area contributed by atoms with Crippen molar-refractivity contribution in [3.05, 3.63) is 28.0 Å². The molecule has 0 aliphatic rings. The van der Waals surface area contributed by atoms with E-state index in [-0.39, 0.29) is 5.91 Å². The number of carbonyl (C=O) groups is 2. The van der Waals surface area contributed by atoms with Gasteiger partial charge in [0, 0.05) is 24.5 Å². The number of aliphatic carboxylic acids is 1. The van der Waals surface area contributed by atoms with Crippen molar-refractivity contribution in [1.29, 1.82) is 0 Å². The zero-order valence-corrected chi connectivity index (χ0v) is 12.2. The fourth-order valence-electron chi connectivity index (χ4n) is 1.45.